The number of thioether (sulfide) groups is 1. The van der Waals surface area contributed by atoms with Gasteiger partial charge in [0.25, 0.3) is 5.91 Å². The van der Waals surface area contributed by atoms with Gasteiger partial charge in [0.05, 0.1) is 5.56 Å². The van der Waals surface area contributed by atoms with E-state index in [0.717, 1.165) is 55.2 Å². The summed E-state index contributed by atoms with van der Waals surface area (Å²) < 4.78 is 2.27. The van der Waals surface area contributed by atoms with E-state index in [-0.39, 0.29) is 5.91 Å². The van der Waals surface area contributed by atoms with Crippen LogP contribution in [0.1, 0.15) is 35.9 Å². The van der Waals surface area contributed by atoms with Gasteiger partial charge in [-0.2, -0.15) is 0 Å². The molecule has 0 unspecified atom stereocenters. The Morgan fingerprint density at radius 3 is 2.75 bits per heavy atom. The quantitative estimate of drug-likeness (QED) is 0.777. The van der Waals surface area contributed by atoms with Gasteiger partial charge < -0.3 is 9.47 Å². The zero-order valence-electron chi connectivity index (χ0n) is 14.4. The number of aromatic nitrogens is 2. The average Bonchev–Trinajstić information content (AvgIpc) is 3.09. The van der Waals surface area contributed by atoms with Crippen LogP contribution in [-0.2, 0) is 13.0 Å². The maximum Gasteiger partial charge on any atom is 0.254 e. The van der Waals surface area contributed by atoms with Crippen molar-refractivity contribution in [2.75, 3.05) is 19.3 Å². The summed E-state index contributed by atoms with van der Waals surface area (Å²) in [7, 11) is 0. The van der Waals surface area contributed by atoms with E-state index in [1.165, 1.54) is 0 Å². The van der Waals surface area contributed by atoms with Crippen molar-refractivity contribution >= 4 is 17.7 Å². The molecule has 5 heteroatoms. The summed E-state index contributed by atoms with van der Waals surface area (Å²) in [6, 6.07) is 7.91. The summed E-state index contributed by atoms with van der Waals surface area (Å²) in [5.41, 5.74) is 0.839. The van der Waals surface area contributed by atoms with Crippen LogP contribution in [-0.4, -0.2) is 39.7 Å². The summed E-state index contributed by atoms with van der Waals surface area (Å²) in [6.45, 7) is 4.86. The number of carbonyl (C=O) groups excluding carboxylic acids is 1. The largest absolute Gasteiger partial charge is 0.339 e. The second-order valence-corrected chi connectivity index (χ2v) is 7.13. The van der Waals surface area contributed by atoms with Gasteiger partial charge in [0.1, 0.15) is 5.82 Å². The second-order valence-electron chi connectivity index (χ2n) is 6.29. The molecule has 24 heavy (non-hydrogen) atoms. The lowest BCUT2D eigenvalue weighted by molar-refractivity contribution is 0.0679. The number of likely N-dealkylation sites (tertiary alicyclic amines) is 1. The van der Waals surface area contributed by atoms with Crippen LogP contribution in [0.25, 0.3) is 0 Å². The number of rotatable bonds is 5. The van der Waals surface area contributed by atoms with Crippen molar-refractivity contribution in [2.24, 2.45) is 5.92 Å². The molecule has 0 atom stereocenters. The van der Waals surface area contributed by atoms with Gasteiger partial charge in [-0.3, -0.25) is 4.79 Å². The van der Waals surface area contributed by atoms with Crippen LogP contribution in [0.2, 0.25) is 0 Å². The summed E-state index contributed by atoms with van der Waals surface area (Å²) in [5.74, 6) is 1.96. The first-order valence-electron chi connectivity index (χ1n) is 8.65. The van der Waals surface area contributed by atoms with Crippen LogP contribution in [0.5, 0.6) is 0 Å². The molecular weight excluding hydrogens is 318 g/mol. The minimum Gasteiger partial charge on any atom is -0.339 e. The Kier molecular flexibility index (Phi) is 5.61. The van der Waals surface area contributed by atoms with Gasteiger partial charge in [-0.25, -0.2) is 4.98 Å². The molecular formula is C19H25N3OS. The van der Waals surface area contributed by atoms with E-state index in [1.54, 1.807) is 11.8 Å². The summed E-state index contributed by atoms with van der Waals surface area (Å²) in [6.07, 6.45) is 9.08. The maximum atomic E-state index is 12.8. The van der Waals surface area contributed by atoms with Crippen LogP contribution >= 0.6 is 11.8 Å². The Labute approximate surface area is 148 Å². The fraction of sp³-hybridized carbons (Fsp3) is 0.474. The first-order valence-corrected chi connectivity index (χ1v) is 9.87. The van der Waals surface area contributed by atoms with Gasteiger partial charge in [0.15, 0.2) is 0 Å². The molecule has 1 aliphatic rings. The predicted molar refractivity (Wildman–Crippen MR) is 98.5 cm³/mol. The maximum absolute atomic E-state index is 12.8. The van der Waals surface area contributed by atoms with E-state index in [1.807, 2.05) is 41.6 Å². The van der Waals surface area contributed by atoms with Gasteiger partial charge in [-0.15, -0.1) is 11.8 Å². The van der Waals surface area contributed by atoms with Crippen LogP contribution < -0.4 is 0 Å². The van der Waals surface area contributed by atoms with E-state index >= 15 is 0 Å². The van der Waals surface area contributed by atoms with Crippen molar-refractivity contribution in [3.63, 3.8) is 0 Å². The summed E-state index contributed by atoms with van der Waals surface area (Å²) in [4.78, 5) is 20.3. The Morgan fingerprint density at radius 2 is 2.04 bits per heavy atom. The lowest BCUT2D eigenvalue weighted by Gasteiger charge is -2.32. The highest BCUT2D eigenvalue weighted by Crippen LogP contribution is 2.25. The average molecular weight is 343 g/mol. The molecule has 0 aliphatic carbocycles. The molecule has 0 N–H and O–H groups in total. The van der Waals surface area contributed by atoms with Gasteiger partial charge >= 0.3 is 0 Å². The fourth-order valence-corrected chi connectivity index (χ4v) is 4.00. The van der Waals surface area contributed by atoms with Gasteiger partial charge in [0.2, 0.25) is 0 Å². The number of carbonyl (C=O) groups is 1. The van der Waals surface area contributed by atoms with Crippen molar-refractivity contribution < 1.29 is 4.79 Å². The third-order valence-corrected chi connectivity index (χ3v) is 5.61. The van der Waals surface area contributed by atoms with E-state index < -0.39 is 0 Å². The van der Waals surface area contributed by atoms with Crippen molar-refractivity contribution in [3.8, 4) is 0 Å². The lowest BCUT2D eigenvalue weighted by Crippen LogP contribution is -2.39. The molecule has 1 aromatic heterocycles. The smallest absolute Gasteiger partial charge is 0.254 e. The number of amides is 1. The molecule has 1 aliphatic heterocycles. The summed E-state index contributed by atoms with van der Waals surface area (Å²) in [5, 5.41) is 0. The van der Waals surface area contributed by atoms with Crippen molar-refractivity contribution in [1.29, 1.82) is 0 Å². The monoisotopic (exact) mass is 343 g/mol. The van der Waals surface area contributed by atoms with Gasteiger partial charge in [0, 0.05) is 43.3 Å². The molecule has 2 heterocycles. The zero-order chi connectivity index (χ0) is 16.9. The van der Waals surface area contributed by atoms with Crippen molar-refractivity contribution in [2.45, 2.75) is 37.6 Å². The van der Waals surface area contributed by atoms with Crippen LogP contribution in [0.4, 0.5) is 0 Å². The molecule has 1 fully saturated rings. The van der Waals surface area contributed by atoms with E-state index in [4.69, 9.17) is 0 Å². The Balaban J connectivity index is 1.59. The second kappa shape index (κ2) is 7.88. The van der Waals surface area contributed by atoms with Crippen LogP contribution in [0.15, 0.2) is 41.6 Å². The van der Waals surface area contributed by atoms with E-state index in [2.05, 4.69) is 22.7 Å². The van der Waals surface area contributed by atoms with Gasteiger partial charge in [-0.05, 0) is 37.1 Å². The molecule has 0 spiro atoms. The molecule has 1 saturated heterocycles. The molecule has 0 radical (unpaired) electrons. The minimum atomic E-state index is 0.176. The van der Waals surface area contributed by atoms with Crippen LogP contribution in [0.3, 0.4) is 0 Å². The third kappa shape index (κ3) is 3.66. The molecule has 0 saturated carbocycles. The number of piperidine rings is 1. The molecule has 0 bridgehead atoms. The Bertz CT molecular complexity index is 689. The fourth-order valence-electron chi connectivity index (χ4n) is 3.41. The highest BCUT2D eigenvalue weighted by atomic mass is 32.2. The Hall–Kier alpha value is -1.75. The zero-order valence-corrected chi connectivity index (χ0v) is 15.3. The molecule has 1 amide bonds. The topological polar surface area (TPSA) is 38.1 Å². The minimum absolute atomic E-state index is 0.176. The molecule has 1 aromatic carbocycles. The standard InChI is InChI=1S/C19H25N3OS/c1-3-18-20-10-13-22(18)14-15-8-11-21(12-9-15)19(23)16-6-4-5-7-17(16)24-2/h4-7,10,13,15H,3,8-9,11-12,14H2,1-2H3. The molecule has 3 rings (SSSR count). The number of hydrogen-bond acceptors (Lipinski definition) is 3. The highest BCUT2D eigenvalue weighted by molar-refractivity contribution is 7.98. The molecule has 4 nitrogen and oxygen atoms in total. The molecule has 2 aromatic rings. The SMILES string of the molecule is CCc1nccn1CC1CCN(C(=O)c2ccccc2SC)CC1. The lowest BCUT2D eigenvalue weighted by atomic mass is 9.96. The third-order valence-electron chi connectivity index (χ3n) is 4.81. The number of hydrogen-bond donors (Lipinski definition) is 0. The van der Waals surface area contributed by atoms with Crippen molar-refractivity contribution in [1.82, 2.24) is 14.5 Å². The van der Waals surface area contributed by atoms with Gasteiger partial charge in [-0.1, -0.05) is 19.1 Å². The highest BCUT2D eigenvalue weighted by Gasteiger charge is 2.25. The number of aryl methyl sites for hydroxylation is 1. The first-order chi connectivity index (χ1) is 11.7. The Morgan fingerprint density at radius 1 is 1.29 bits per heavy atom. The summed E-state index contributed by atoms with van der Waals surface area (Å²) >= 11 is 1.64. The number of imidazole rings is 1. The van der Waals surface area contributed by atoms with E-state index in [9.17, 15) is 4.79 Å². The van der Waals surface area contributed by atoms with Crippen molar-refractivity contribution in [3.05, 3.63) is 48.0 Å². The number of benzene rings is 1. The predicted octanol–water partition coefficient (Wildman–Crippen LogP) is 3.72. The normalized spacial score (nSPS) is 15.7. The molecule has 128 valence electrons. The van der Waals surface area contributed by atoms with Crippen LogP contribution in [0, 0.1) is 5.92 Å². The number of nitrogens with zero attached hydrogens (tertiary/aromatic N) is 3. The van der Waals surface area contributed by atoms with E-state index in [0.29, 0.717) is 5.92 Å². The first kappa shape index (κ1) is 17.1.